The first-order chi connectivity index (χ1) is 10.7. The van der Waals surface area contributed by atoms with Gasteiger partial charge in [-0.25, -0.2) is 0 Å². The zero-order valence-electron chi connectivity index (χ0n) is 12.6. The fourth-order valence-electron chi connectivity index (χ4n) is 2.03. The fourth-order valence-corrected chi connectivity index (χ4v) is 2.03. The van der Waals surface area contributed by atoms with E-state index in [0.29, 0.717) is 18.8 Å². The lowest BCUT2D eigenvalue weighted by atomic mass is 10.1. The lowest BCUT2D eigenvalue weighted by molar-refractivity contribution is 0.317. The average Bonchev–Trinajstić information content (AvgIpc) is 2.53. The van der Waals surface area contributed by atoms with Gasteiger partial charge in [-0.1, -0.05) is 24.3 Å². The maximum absolute atomic E-state index is 10.1. The van der Waals surface area contributed by atoms with E-state index in [4.69, 9.17) is 4.74 Å². The highest BCUT2D eigenvalue weighted by molar-refractivity contribution is 5.82. The standard InChI is InChI=1S/C18H20N2O2/c1-3-8-15-11-14(12-17(18(15)21)22-4-2)13-19-20-16-9-6-5-7-10-16/h3,5-7,9-13,20-21H,1,4,8H2,2H3. The number of ether oxygens (including phenoxy) is 1. The molecule has 2 rings (SSSR count). The number of rotatable bonds is 7. The van der Waals surface area contributed by atoms with Crippen LogP contribution in [-0.4, -0.2) is 17.9 Å². The Balaban J connectivity index is 2.20. The Kier molecular flexibility index (Phi) is 5.60. The minimum Gasteiger partial charge on any atom is -0.504 e. The van der Waals surface area contributed by atoms with Crippen LogP contribution < -0.4 is 10.2 Å². The van der Waals surface area contributed by atoms with E-state index in [1.807, 2.05) is 43.3 Å². The van der Waals surface area contributed by atoms with Crippen molar-refractivity contribution in [3.05, 3.63) is 66.2 Å². The van der Waals surface area contributed by atoms with Crippen molar-refractivity contribution in [3.8, 4) is 11.5 Å². The van der Waals surface area contributed by atoms with E-state index in [0.717, 1.165) is 16.8 Å². The van der Waals surface area contributed by atoms with Crippen LogP contribution in [0.1, 0.15) is 18.1 Å². The number of aromatic hydroxyl groups is 1. The number of benzene rings is 2. The molecule has 0 radical (unpaired) electrons. The molecular weight excluding hydrogens is 276 g/mol. The van der Waals surface area contributed by atoms with Crippen LogP contribution in [0, 0.1) is 0 Å². The molecule has 0 saturated carbocycles. The van der Waals surface area contributed by atoms with E-state index < -0.39 is 0 Å². The van der Waals surface area contributed by atoms with E-state index in [2.05, 4.69) is 17.1 Å². The third-order valence-electron chi connectivity index (χ3n) is 3.02. The van der Waals surface area contributed by atoms with Crippen molar-refractivity contribution in [1.82, 2.24) is 0 Å². The normalized spacial score (nSPS) is 10.6. The van der Waals surface area contributed by atoms with Gasteiger partial charge >= 0.3 is 0 Å². The molecule has 4 nitrogen and oxygen atoms in total. The van der Waals surface area contributed by atoms with Crippen LogP contribution in [0.3, 0.4) is 0 Å². The van der Waals surface area contributed by atoms with Gasteiger partial charge in [0.15, 0.2) is 11.5 Å². The van der Waals surface area contributed by atoms with Crippen LogP contribution >= 0.6 is 0 Å². The van der Waals surface area contributed by atoms with Crippen molar-refractivity contribution in [3.63, 3.8) is 0 Å². The summed E-state index contributed by atoms with van der Waals surface area (Å²) in [4.78, 5) is 0. The maximum atomic E-state index is 10.1. The molecule has 2 aromatic rings. The van der Waals surface area contributed by atoms with Gasteiger partial charge in [-0.15, -0.1) is 6.58 Å². The first-order valence-electron chi connectivity index (χ1n) is 7.18. The second kappa shape index (κ2) is 7.88. The molecule has 4 heteroatoms. The van der Waals surface area contributed by atoms with Gasteiger partial charge in [-0.05, 0) is 43.2 Å². The Morgan fingerprint density at radius 2 is 2.05 bits per heavy atom. The lowest BCUT2D eigenvalue weighted by Crippen LogP contribution is -1.97. The maximum Gasteiger partial charge on any atom is 0.161 e. The molecule has 0 spiro atoms. The van der Waals surface area contributed by atoms with Crippen LogP contribution in [0.25, 0.3) is 0 Å². The van der Waals surface area contributed by atoms with E-state index >= 15 is 0 Å². The van der Waals surface area contributed by atoms with Gasteiger partial charge in [0.25, 0.3) is 0 Å². The molecule has 0 unspecified atom stereocenters. The number of phenolic OH excluding ortho intramolecular Hbond substituents is 1. The Hall–Kier alpha value is -2.75. The summed E-state index contributed by atoms with van der Waals surface area (Å²) in [5, 5.41) is 14.4. The Morgan fingerprint density at radius 3 is 2.73 bits per heavy atom. The topological polar surface area (TPSA) is 53.9 Å². The largest absolute Gasteiger partial charge is 0.504 e. The predicted molar refractivity (Wildman–Crippen MR) is 90.8 cm³/mol. The second-order valence-corrected chi connectivity index (χ2v) is 4.69. The Morgan fingerprint density at radius 1 is 1.27 bits per heavy atom. The molecule has 0 amide bonds. The SMILES string of the molecule is C=CCc1cc(C=NNc2ccccc2)cc(OCC)c1O. The Bertz CT molecular complexity index is 652. The van der Waals surface area contributed by atoms with Gasteiger partial charge in [0.2, 0.25) is 0 Å². The molecule has 0 heterocycles. The van der Waals surface area contributed by atoms with Crippen LogP contribution in [0.4, 0.5) is 5.69 Å². The molecule has 0 atom stereocenters. The number of nitrogens with one attached hydrogen (secondary N) is 1. The fraction of sp³-hybridized carbons (Fsp3) is 0.167. The summed E-state index contributed by atoms with van der Waals surface area (Å²) in [7, 11) is 0. The minimum atomic E-state index is 0.162. The van der Waals surface area contributed by atoms with Gasteiger partial charge in [0.1, 0.15) is 0 Å². The molecule has 0 aromatic heterocycles. The van der Waals surface area contributed by atoms with Crippen LogP contribution in [-0.2, 0) is 6.42 Å². The number of allylic oxidation sites excluding steroid dienone is 1. The molecule has 114 valence electrons. The predicted octanol–water partition coefficient (Wildman–Crippen LogP) is 3.97. The Labute approximate surface area is 130 Å². The second-order valence-electron chi connectivity index (χ2n) is 4.69. The van der Waals surface area contributed by atoms with E-state index in [-0.39, 0.29) is 5.75 Å². The third-order valence-corrected chi connectivity index (χ3v) is 3.02. The summed E-state index contributed by atoms with van der Waals surface area (Å²) in [6.45, 7) is 6.08. The molecule has 0 aliphatic rings. The first kappa shape index (κ1) is 15.6. The number of nitrogens with zero attached hydrogens (tertiary/aromatic N) is 1. The molecule has 0 aliphatic heterocycles. The van der Waals surface area contributed by atoms with Crippen molar-refractivity contribution in [1.29, 1.82) is 0 Å². The highest BCUT2D eigenvalue weighted by atomic mass is 16.5. The summed E-state index contributed by atoms with van der Waals surface area (Å²) in [5.74, 6) is 0.623. The zero-order valence-corrected chi connectivity index (χ0v) is 12.6. The molecular formula is C18H20N2O2. The lowest BCUT2D eigenvalue weighted by Gasteiger charge is -2.10. The van der Waals surface area contributed by atoms with Crippen LogP contribution in [0.5, 0.6) is 11.5 Å². The van der Waals surface area contributed by atoms with Crippen molar-refractivity contribution in [2.24, 2.45) is 5.10 Å². The summed E-state index contributed by atoms with van der Waals surface area (Å²) in [6.07, 6.45) is 4.01. The highest BCUT2D eigenvalue weighted by Crippen LogP contribution is 2.31. The number of hydrogen-bond acceptors (Lipinski definition) is 4. The quantitative estimate of drug-likeness (QED) is 0.462. The summed E-state index contributed by atoms with van der Waals surface area (Å²) < 4.78 is 5.46. The molecule has 0 fully saturated rings. The zero-order chi connectivity index (χ0) is 15.8. The third kappa shape index (κ3) is 4.12. The van der Waals surface area contributed by atoms with E-state index in [9.17, 15) is 5.11 Å². The number of hydrogen-bond donors (Lipinski definition) is 2. The van der Waals surface area contributed by atoms with Crippen molar-refractivity contribution in [2.45, 2.75) is 13.3 Å². The van der Waals surface area contributed by atoms with Gasteiger partial charge in [0, 0.05) is 5.56 Å². The van der Waals surface area contributed by atoms with Crippen LogP contribution in [0.2, 0.25) is 0 Å². The number of para-hydroxylation sites is 1. The first-order valence-corrected chi connectivity index (χ1v) is 7.18. The molecule has 0 bridgehead atoms. The minimum absolute atomic E-state index is 0.162. The molecule has 0 aliphatic carbocycles. The van der Waals surface area contributed by atoms with Gasteiger partial charge in [-0.3, -0.25) is 5.43 Å². The summed E-state index contributed by atoms with van der Waals surface area (Å²) in [6, 6.07) is 13.3. The number of phenols is 1. The highest BCUT2D eigenvalue weighted by Gasteiger charge is 2.09. The molecule has 2 aromatic carbocycles. The monoisotopic (exact) mass is 296 g/mol. The summed E-state index contributed by atoms with van der Waals surface area (Å²) >= 11 is 0. The molecule has 2 N–H and O–H groups in total. The van der Waals surface area contributed by atoms with Crippen molar-refractivity contribution in [2.75, 3.05) is 12.0 Å². The average molecular weight is 296 g/mol. The van der Waals surface area contributed by atoms with Crippen LogP contribution in [0.15, 0.2) is 60.2 Å². The van der Waals surface area contributed by atoms with Crippen molar-refractivity contribution >= 4 is 11.9 Å². The van der Waals surface area contributed by atoms with Gasteiger partial charge in [-0.2, -0.15) is 5.10 Å². The number of anilines is 1. The van der Waals surface area contributed by atoms with E-state index in [1.54, 1.807) is 18.4 Å². The smallest absolute Gasteiger partial charge is 0.161 e. The van der Waals surface area contributed by atoms with Crippen molar-refractivity contribution < 1.29 is 9.84 Å². The number of hydrazone groups is 1. The molecule has 0 saturated heterocycles. The van der Waals surface area contributed by atoms with Gasteiger partial charge < -0.3 is 9.84 Å². The van der Waals surface area contributed by atoms with Gasteiger partial charge in [0.05, 0.1) is 18.5 Å². The molecule has 22 heavy (non-hydrogen) atoms. The summed E-state index contributed by atoms with van der Waals surface area (Å²) in [5.41, 5.74) is 5.48. The van der Waals surface area contributed by atoms with E-state index in [1.165, 1.54) is 0 Å².